The summed E-state index contributed by atoms with van der Waals surface area (Å²) < 4.78 is 5.46. The number of carbonyl (C=O) groups is 1. The zero-order valence-electron chi connectivity index (χ0n) is 13.6. The van der Waals surface area contributed by atoms with Gasteiger partial charge in [0.15, 0.2) is 11.7 Å². The number of hydrogen-bond donors (Lipinski definition) is 1. The van der Waals surface area contributed by atoms with Crippen LogP contribution in [0.4, 0.5) is 5.13 Å². The smallest absolute Gasteiger partial charge is 0.264 e. The second-order valence-electron chi connectivity index (χ2n) is 5.55. The van der Waals surface area contributed by atoms with E-state index in [1.54, 1.807) is 0 Å². The van der Waals surface area contributed by atoms with Crippen LogP contribution < -0.4 is 10.1 Å². The van der Waals surface area contributed by atoms with Crippen molar-refractivity contribution in [1.29, 1.82) is 0 Å². The molecule has 0 atom stereocenters. The maximum Gasteiger partial charge on any atom is 0.264 e. The van der Waals surface area contributed by atoms with Crippen LogP contribution in [-0.2, 0) is 4.79 Å². The fraction of sp³-hybridized carbons (Fsp3) is 0.158. The number of anilines is 1. The number of nitrogens with one attached hydrogen (secondary N) is 1. The van der Waals surface area contributed by atoms with Crippen LogP contribution in [0.15, 0.2) is 53.9 Å². The van der Waals surface area contributed by atoms with Gasteiger partial charge in [0.1, 0.15) is 5.75 Å². The zero-order chi connectivity index (χ0) is 16.9. The summed E-state index contributed by atoms with van der Waals surface area (Å²) in [6.45, 7) is 4.01. The Labute approximate surface area is 145 Å². The van der Waals surface area contributed by atoms with Gasteiger partial charge in [-0.05, 0) is 26.0 Å². The highest BCUT2D eigenvalue weighted by Gasteiger charge is 2.09. The second kappa shape index (κ2) is 7.27. The second-order valence-corrected chi connectivity index (χ2v) is 6.41. The Bertz CT molecular complexity index is 823. The maximum atomic E-state index is 12.0. The predicted octanol–water partition coefficient (Wildman–Crippen LogP) is 4.44. The lowest BCUT2D eigenvalue weighted by Gasteiger charge is -2.06. The first-order valence-electron chi connectivity index (χ1n) is 7.62. The molecule has 0 spiro atoms. The Morgan fingerprint density at radius 3 is 2.33 bits per heavy atom. The van der Waals surface area contributed by atoms with Crippen molar-refractivity contribution >= 4 is 22.4 Å². The summed E-state index contributed by atoms with van der Waals surface area (Å²) in [6, 6.07) is 15.7. The monoisotopic (exact) mass is 338 g/mol. The minimum Gasteiger partial charge on any atom is -0.484 e. The first kappa shape index (κ1) is 16.2. The van der Waals surface area contributed by atoms with Crippen LogP contribution in [0.5, 0.6) is 5.75 Å². The number of benzene rings is 2. The number of amides is 1. The van der Waals surface area contributed by atoms with Crippen LogP contribution in [-0.4, -0.2) is 17.5 Å². The van der Waals surface area contributed by atoms with Crippen molar-refractivity contribution < 1.29 is 9.53 Å². The van der Waals surface area contributed by atoms with Crippen LogP contribution in [0.1, 0.15) is 11.1 Å². The number of aryl methyl sites for hydroxylation is 2. The van der Waals surface area contributed by atoms with Crippen molar-refractivity contribution in [3.05, 3.63) is 65.0 Å². The van der Waals surface area contributed by atoms with Crippen molar-refractivity contribution in [3.63, 3.8) is 0 Å². The summed E-state index contributed by atoms with van der Waals surface area (Å²) in [5, 5.41) is 5.27. The number of hydrogen-bond acceptors (Lipinski definition) is 4. The molecule has 0 unspecified atom stereocenters. The van der Waals surface area contributed by atoms with Crippen molar-refractivity contribution in [1.82, 2.24) is 4.98 Å². The predicted molar refractivity (Wildman–Crippen MR) is 97.6 cm³/mol. The number of ether oxygens (including phenoxy) is 1. The molecule has 3 rings (SSSR count). The summed E-state index contributed by atoms with van der Waals surface area (Å²) in [4.78, 5) is 16.4. The van der Waals surface area contributed by atoms with Crippen molar-refractivity contribution in [2.24, 2.45) is 0 Å². The molecule has 2 aromatic carbocycles. The molecular formula is C19H18N2O2S. The molecule has 0 saturated carbocycles. The molecule has 0 aliphatic carbocycles. The molecular weight excluding hydrogens is 320 g/mol. The van der Waals surface area contributed by atoms with Gasteiger partial charge in [-0.3, -0.25) is 10.1 Å². The Hall–Kier alpha value is -2.66. The minimum absolute atomic E-state index is 0.0392. The average molecular weight is 338 g/mol. The van der Waals surface area contributed by atoms with Gasteiger partial charge in [-0.1, -0.05) is 47.5 Å². The number of nitrogens with zero attached hydrogens (tertiary/aromatic N) is 1. The van der Waals surface area contributed by atoms with Gasteiger partial charge in [-0.2, -0.15) is 0 Å². The van der Waals surface area contributed by atoms with E-state index >= 15 is 0 Å². The molecule has 0 fully saturated rings. The third-order valence-corrected chi connectivity index (χ3v) is 4.25. The van der Waals surface area contributed by atoms with Crippen LogP contribution in [0.3, 0.4) is 0 Å². The van der Waals surface area contributed by atoms with Crippen LogP contribution >= 0.6 is 11.3 Å². The first-order valence-corrected chi connectivity index (χ1v) is 8.50. The first-order chi connectivity index (χ1) is 11.6. The Morgan fingerprint density at radius 2 is 1.67 bits per heavy atom. The number of rotatable bonds is 5. The topological polar surface area (TPSA) is 51.2 Å². The van der Waals surface area contributed by atoms with Gasteiger partial charge in [-0.15, -0.1) is 11.3 Å². The SMILES string of the molecule is Cc1ccc(OCC(=O)Nc2nc(-c3ccc(C)cc3)cs2)cc1. The molecule has 0 bridgehead atoms. The third-order valence-electron chi connectivity index (χ3n) is 3.49. The van der Waals surface area contributed by atoms with E-state index in [0.29, 0.717) is 10.9 Å². The van der Waals surface area contributed by atoms with E-state index in [-0.39, 0.29) is 12.5 Å². The normalized spacial score (nSPS) is 10.4. The lowest BCUT2D eigenvalue weighted by atomic mass is 10.1. The molecule has 0 saturated heterocycles. The van der Waals surface area contributed by atoms with Crippen LogP contribution in [0.25, 0.3) is 11.3 Å². The third kappa shape index (κ3) is 4.20. The Kier molecular flexibility index (Phi) is 4.91. The number of thiazole rings is 1. The maximum absolute atomic E-state index is 12.0. The summed E-state index contributed by atoms with van der Waals surface area (Å²) in [5.74, 6) is 0.454. The highest BCUT2D eigenvalue weighted by atomic mass is 32.1. The van der Waals surface area contributed by atoms with Gasteiger partial charge in [0.2, 0.25) is 0 Å². The zero-order valence-corrected chi connectivity index (χ0v) is 14.4. The minimum atomic E-state index is -0.222. The molecule has 1 aromatic heterocycles. The van der Waals surface area contributed by atoms with E-state index in [2.05, 4.69) is 10.3 Å². The van der Waals surface area contributed by atoms with Gasteiger partial charge < -0.3 is 4.74 Å². The molecule has 24 heavy (non-hydrogen) atoms. The summed E-state index contributed by atoms with van der Waals surface area (Å²) >= 11 is 1.40. The molecule has 3 aromatic rings. The quantitative estimate of drug-likeness (QED) is 0.748. The van der Waals surface area contributed by atoms with E-state index in [1.165, 1.54) is 16.9 Å². The molecule has 4 nitrogen and oxygen atoms in total. The molecule has 0 aliphatic heterocycles. The van der Waals surface area contributed by atoms with Crippen molar-refractivity contribution in [3.8, 4) is 17.0 Å². The molecule has 5 heteroatoms. The van der Waals surface area contributed by atoms with Gasteiger partial charge in [0.05, 0.1) is 5.69 Å². The summed E-state index contributed by atoms with van der Waals surface area (Å²) in [6.07, 6.45) is 0. The highest BCUT2D eigenvalue weighted by molar-refractivity contribution is 7.14. The lowest BCUT2D eigenvalue weighted by Crippen LogP contribution is -2.20. The molecule has 0 aliphatic rings. The Balaban J connectivity index is 1.57. The number of aromatic nitrogens is 1. The fourth-order valence-corrected chi connectivity index (χ4v) is 2.86. The Morgan fingerprint density at radius 1 is 1.04 bits per heavy atom. The van der Waals surface area contributed by atoms with E-state index in [0.717, 1.165) is 16.8 Å². The van der Waals surface area contributed by atoms with Gasteiger partial charge >= 0.3 is 0 Å². The van der Waals surface area contributed by atoms with Gasteiger partial charge in [-0.25, -0.2) is 4.98 Å². The molecule has 1 N–H and O–H groups in total. The largest absolute Gasteiger partial charge is 0.484 e. The molecule has 0 radical (unpaired) electrons. The number of carbonyl (C=O) groups excluding carboxylic acids is 1. The van der Waals surface area contributed by atoms with E-state index < -0.39 is 0 Å². The van der Waals surface area contributed by atoms with Crippen molar-refractivity contribution in [2.45, 2.75) is 13.8 Å². The summed E-state index contributed by atoms with van der Waals surface area (Å²) in [5.41, 5.74) is 4.25. The van der Waals surface area contributed by atoms with Crippen LogP contribution in [0.2, 0.25) is 0 Å². The standard InChI is InChI=1S/C19H18N2O2S/c1-13-3-7-15(8-4-13)17-12-24-19(20-17)21-18(22)11-23-16-9-5-14(2)6-10-16/h3-10,12H,11H2,1-2H3,(H,20,21,22). The van der Waals surface area contributed by atoms with E-state index in [9.17, 15) is 4.79 Å². The molecule has 122 valence electrons. The van der Waals surface area contributed by atoms with Gasteiger partial charge in [0.25, 0.3) is 5.91 Å². The fourth-order valence-electron chi connectivity index (χ4n) is 2.13. The summed E-state index contributed by atoms with van der Waals surface area (Å²) in [7, 11) is 0. The van der Waals surface area contributed by atoms with E-state index in [4.69, 9.17) is 4.74 Å². The van der Waals surface area contributed by atoms with Gasteiger partial charge in [0, 0.05) is 10.9 Å². The molecule has 1 amide bonds. The average Bonchev–Trinajstić information content (AvgIpc) is 3.03. The van der Waals surface area contributed by atoms with Crippen molar-refractivity contribution in [2.75, 3.05) is 11.9 Å². The van der Waals surface area contributed by atoms with E-state index in [1.807, 2.05) is 67.8 Å². The lowest BCUT2D eigenvalue weighted by molar-refractivity contribution is -0.118. The molecule has 1 heterocycles. The van der Waals surface area contributed by atoms with Crippen LogP contribution in [0, 0.1) is 13.8 Å². The highest BCUT2D eigenvalue weighted by Crippen LogP contribution is 2.25.